The highest BCUT2D eigenvalue weighted by Crippen LogP contribution is 1.93. The predicted molar refractivity (Wildman–Crippen MR) is 51.3 cm³/mol. The zero-order valence-electron chi connectivity index (χ0n) is 8.37. The Morgan fingerprint density at radius 1 is 0.714 bits per heavy atom. The second kappa shape index (κ2) is 11.9. The molecule has 0 atom stereocenters. The van der Waals surface area contributed by atoms with E-state index in [-0.39, 0.29) is 0 Å². The van der Waals surface area contributed by atoms with Crippen LogP contribution in [0.2, 0.25) is 0 Å². The van der Waals surface area contributed by atoms with E-state index in [1.807, 2.05) is 12.1 Å². The summed E-state index contributed by atoms with van der Waals surface area (Å²) < 4.78 is 10.3. The minimum atomic E-state index is 0.457. The largest absolute Gasteiger partial charge is 0.380 e. The van der Waals surface area contributed by atoms with Gasteiger partial charge in [-0.3, -0.25) is 0 Å². The molecular formula is C10H16N2O2. The number of hydrogen-bond acceptors (Lipinski definition) is 4. The number of hydrogen-bond donors (Lipinski definition) is 0. The van der Waals surface area contributed by atoms with Crippen molar-refractivity contribution < 1.29 is 9.47 Å². The molecule has 0 unspecified atom stereocenters. The summed E-state index contributed by atoms with van der Waals surface area (Å²) in [5.74, 6) is 0. The quantitative estimate of drug-likeness (QED) is 0.526. The van der Waals surface area contributed by atoms with Gasteiger partial charge in [0, 0.05) is 13.2 Å². The van der Waals surface area contributed by atoms with Gasteiger partial charge in [-0.15, -0.1) is 0 Å². The third-order valence-electron chi connectivity index (χ3n) is 1.54. The van der Waals surface area contributed by atoms with E-state index in [0.29, 0.717) is 39.3 Å². The summed E-state index contributed by atoms with van der Waals surface area (Å²) >= 11 is 0. The topological polar surface area (TPSA) is 66.0 Å². The lowest BCUT2D eigenvalue weighted by atomic mass is 10.3. The Morgan fingerprint density at radius 3 is 1.50 bits per heavy atom. The lowest BCUT2D eigenvalue weighted by Crippen LogP contribution is -2.00. The van der Waals surface area contributed by atoms with E-state index in [4.69, 9.17) is 20.0 Å². The predicted octanol–water partition coefficient (Wildman–Crippen LogP) is 1.63. The number of ether oxygens (including phenoxy) is 2. The van der Waals surface area contributed by atoms with Crippen LogP contribution in [0.1, 0.15) is 25.7 Å². The molecule has 0 radical (unpaired) electrons. The molecule has 4 heteroatoms. The normalized spacial score (nSPS) is 9.29. The molecular weight excluding hydrogens is 180 g/mol. The van der Waals surface area contributed by atoms with Crippen LogP contribution in [0.15, 0.2) is 0 Å². The van der Waals surface area contributed by atoms with Gasteiger partial charge < -0.3 is 9.47 Å². The standard InChI is InChI=1S/C10H16N2O2/c11-5-3-9-13-7-1-2-8-14-10-4-6-12/h1-4,7-10H2. The monoisotopic (exact) mass is 196 g/mol. The minimum Gasteiger partial charge on any atom is -0.380 e. The molecule has 4 nitrogen and oxygen atoms in total. The van der Waals surface area contributed by atoms with Crippen LogP contribution in [0.25, 0.3) is 0 Å². The Labute approximate surface area is 85.0 Å². The lowest BCUT2D eigenvalue weighted by Gasteiger charge is -2.02. The van der Waals surface area contributed by atoms with E-state index in [0.717, 1.165) is 12.8 Å². The lowest BCUT2D eigenvalue weighted by molar-refractivity contribution is 0.107. The van der Waals surface area contributed by atoms with Gasteiger partial charge in [0.15, 0.2) is 0 Å². The second-order valence-electron chi connectivity index (χ2n) is 2.75. The maximum absolute atomic E-state index is 8.21. The third-order valence-corrected chi connectivity index (χ3v) is 1.54. The van der Waals surface area contributed by atoms with Crippen molar-refractivity contribution in [1.82, 2.24) is 0 Å². The van der Waals surface area contributed by atoms with Crippen molar-refractivity contribution in [3.63, 3.8) is 0 Å². The Balaban J connectivity index is 2.86. The van der Waals surface area contributed by atoms with Gasteiger partial charge in [0.1, 0.15) is 0 Å². The van der Waals surface area contributed by atoms with Crippen LogP contribution < -0.4 is 0 Å². The molecule has 0 N–H and O–H groups in total. The zero-order chi connectivity index (χ0) is 10.5. The van der Waals surface area contributed by atoms with E-state index in [9.17, 15) is 0 Å². The molecule has 0 aliphatic heterocycles. The van der Waals surface area contributed by atoms with Crippen LogP contribution in [0.3, 0.4) is 0 Å². The van der Waals surface area contributed by atoms with E-state index in [2.05, 4.69) is 0 Å². The number of rotatable bonds is 9. The first-order valence-electron chi connectivity index (χ1n) is 4.81. The Kier molecular flexibility index (Phi) is 11.0. The van der Waals surface area contributed by atoms with E-state index in [1.165, 1.54) is 0 Å². The second-order valence-corrected chi connectivity index (χ2v) is 2.75. The van der Waals surface area contributed by atoms with Crippen molar-refractivity contribution >= 4 is 0 Å². The maximum atomic E-state index is 8.21. The molecule has 0 heterocycles. The fraction of sp³-hybridized carbons (Fsp3) is 0.800. The fourth-order valence-corrected chi connectivity index (χ4v) is 0.848. The average molecular weight is 196 g/mol. The molecule has 0 saturated carbocycles. The van der Waals surface area contributed by atoms with Crippen LogP contribution in [-0.4, -0.2) is 26.4 Å². The first-order valence-corrected chi connectivity index (χ1v) is 4.81. The molecule has 0 aliphatic carbocycles. The van der Waals surface area contributed by atoms with Crippen LogP contribution in [0, 0.1) is 22.7 Å². The SMILES string of the molecule is N#CCCOCCCCOCCC#N. The highest BCUT2D eigenvalue weighted by atomic mass is 16.5. The Bertz CT molecular complexity index is 171. The van der Waals surface area contributed by atoms with Crippen molar-refractivity contribution in [2.24, 2.45) is 0 Å². The Hall–Kier alpha value is -1.10. The summed E-state index contributed by atoms with van der Waals surface area (Å²) in [5, 5.41) is 16.4. The highest BCUT2D eigenvalue weighted by molar-refractivity contribution is 4.67. The molecule has 0 fully saturated rings. The average Bonchev–Trinajstić information content (AvgIpc) is 2.21. The summed E-state index contributed by atoms with van der Waals surface area (Å²) in [6, 6.07) is 4.03. The van der Waals surface area contributed by atoms with Gasteiger partial charge in [0.2, 0.25) is 0 Å². The molecule has 0 aromatic carbocycles. The first kappa shape index (κ1) is 12.9. The molecule has 0 amide bonds. The first-order chi connectivity index (χ1) is 6.91. The molecule has 0 aromatic rings. The number of nitriles is 2. The van der Waals surface area contributed by atoms with Crippen molar-refractivity contribution in [3.05, 3.63) is 0 Å². The molecule has 0 saturated heterocycles. The molecule has 0 aromatic heterocycles. The van der Waals surface area contributed by atoms with E-state index >= 15 is 0 Å². The summed E-state index contributed by atoms with van der Waals surface area (Å²) in [5.41, 5.74) is 0. The van der Waals surface area contributed by atoms with Gasteiger partial charge in [-0.2, -0.15) is 10.5 Å². The molecule has 0 rings (SSSR count). The van der Waals surface area contributed by atoms with E-state index < -0.39 is 0 Å². The minimum absolute atomic E-state index is 0.457. The number of unbranched alkanes of at least 4 members (excludes halogenated alkanes) is 1. The van der Waals surface area contributed by atoms with Crippen LogP contribution in [-0.2, 0) is 9.47 Å². The molecule has 0 bridgehead atoms. The van der Waals surface area contributed by atoms with Gasteiger partial charge in [0.25, 0.3) is 0 Å². The third kappa shape index (κ3) is 10.9. The van der Waals surface area contributed by atoms with Gasteiger partial charge >= 0.3 is 0 Å². The summed E-state index contributed by atoms with van der Waals surface area (Å²) in [4.78, 5) is 0. The Morgan fingerprint density at radius 2 is 1.14 bits per heavy atom. The smallest absolute Gasteiger partial charge is 0.0645 e. The molecule has 14 heavy (non-hydrogen) atoms. The van der Waals surface area contributed by atoms with Gasteiger partial charge in [-0.25, -0.2) is 0 Å². The number of nitrogens with zero attached hydrogens (tertiary/aromatic N) is 2. The maximum Gasteiger partial charge on any atom is 0.0645 e. The van der Waals surface area contributed by atoms with Crippen LogP contribution in [0.5, 0.6) is 0 Å². The highest BCUT2D eigenvalue weighted by Gasteiger charge is 1.90. The van der Waals surface area contributed by atoms with Crippen molar-refractivity contribution in [1.29, 1.82) is 10.5 Å². The fourth-order valence-electron chi connectivity index (χ4n) is 0.848. The van der Waals surface area contributed by atoms with Crippen LogP contribution in [0.4, 0.5) is 0 Å². The van der Waals surface area contributed by atoms with E-state index in [1.54, 1.807) is 0 Å². The van der Waals surface area contributed by atoms with Gasteiger partial charge in [-0.05, 0) is 12.8 Å². The molecule has 0 aliphatic rings. The van der Waals surface area contributed by atoms with Crippen LogP contribution >= 0.6 is 0 Å². The summed E-state index contributed by atoms with van der Waals surface area (Å²) in [6.07, 6.45) is 2.80. The van der Waals surface area contributed by atoms with Crippen molar-refractivity contribution in [2.45, 2.75) is 25.7 Å². The molecule has 0 spiro atoms. The van der Waals surface area contributed by atoms with Gasteiger partial charge in [0.05, 0.1) is 38.2 Å². The molecule has 78 valence electrons. The summed E-state index contributed by atoms with van der Waals surface area (Å²) in [6.45, 7) is 2.41. The van der Waals surface area contributed by atoms with Crippen molar-refractivity contribution in [3.8, 4) is 12.1 Å². The van der Waals surface area contributed by atoms with Crippen molar-refractivity contribution in [2.75, 3.05) is 26.4 Å². The zero-order valence-corrected chi connectivity index (χ0v) is 8.37. The summed E-state index contributed by atoms with van der Waals surface area (Å²) in [7, 11) is 0. The van der Waals surface area contributed by atoms with Gasteiger partial charge in [-0.1, -0.05) is 0 Å².